The molecular weight excluding hydrogens is 1070 g/mol. The first-order valence-electron chi connectivity index (χ1n) is 30.6. The van der Waals surface area contributed by atoms with E-state index in [0.29, 0.717) is 53.3 Å². The van der Waals surface area contributed by atoms with Gasteiger partial charge in [0.1, 0.15) is 0 Å². The van der Waals surface area contributed by atoms with Gasteiger partial charge in [-0.15, -0.1) is 0 Å². The van der Waals surface area contributed by atoms with Crippen LogP contribution in [0.2, 0.25) is 0 Å². The highest BCUT2D eigenvalue weighted by Gasteiger charge is 2.13. The zero-order valence-corrected chi connectivity index (χ0v) is 56.8. The van der Waals surface area contributed by atoms with Crippen molar-refractivity contribution < 1.29 is 4.79 Å². The van der Waals surface area contributed by atoms with E-state index in [1.165, 1.54) is 39.6 Å². The maximum absolute atomic E-state index is 11.1. The Morgan fingerprint density at radius 2 is 1.20 bits per heavy atom. The number of rotatable bonds is 9. The van der Waals surface area contributed by atoms with Crippen LogP contribution in [0.25, 0.3) is 0 Å². The normalized spacial score (nSPS) is 15.2. The molecule has 0 spiro atoms. The van der Waals surface area contributed by atoms with Crippen molar-refractivity contribution in [2.45, 2.75) is 170 Å². The van der Waals surface area contributed by atoms with Crippen molar-refractivity contribution in [1.29, 1.82) is 0 Å². The van der Waals surface area contributed by atoms with Crippen LogP contribution in [-0.2, 0) is 4.79 Å². The second-order valence-corrected chi connectivity index (χ2v) is 24.5. The Bertz CT molecular complexity index is 2850. The Morgan fingerprint density at radius 3 is 1.54 bits per heavy atom. The van der Waals surface area contributed by atoms with Crippen LogP contribution in [0.4, 0.5) is 0 Å². The summed E-state index contributed by atoms with van der Waals surface area (Å²) in [5.41, 5.74) is 16.1. The Kier molecular flexibility index (Phi) is 37.6. The van der Waals surface area contributed by atoms with E-state index in [-0.39, 0.29) is 5.78 Å². The summed E-state index contributed by atoms with van der Waals surface area (Å²) < 4.78 is 0. The van der Waals surface area contributed by atoms with E-state index in [1.54, 1.807) is 12.4 Å². The van der Waals surface area contributed by atoms with Crippen LogP contribution in [-0.4, -0.2) is 63.8 Å². The quantitative estimate of drug-likeness (QED) is 0.220. The first kappa shape index (κ1) is 76.1. The van der Waals surface area contributed by atoms with Crippen LogP contribution in [0.1, 0.15) is 184 Å². The molecule has 0 bridgehead atoms. The summed E-state index contributed by atoms with van der Waals surface area (Å²) in [4.78, 5) is 40.8. The van der Waals surface area contributed by atoms with Gasteiger partial charge in [0.2, 0.25) is 0 Å². The van der Waals surface area contributed by atoms with E-state index in [0.717, 1.165) is 70.7 Å². The molecule has 85 heavy (non-hydrogen) atoms. The number of dihydropyridines is 1. The molecule has 0 radical (unpaired) electrons. The second kappa shape index (κ2) is 42.0. The molecule has 0 fully saturated rings. The number of aromatic nitrogens is 3. The minimum Gasteiger partial charge on any atom is -0.365 e. The van der Waals surface area contributed by atoms with Crippen molar-refractivity contribution in [2.24, 2.45) is 55.5 Å². The monoisotopic (exact) mass is 1170 g/mol. The number of halogens is 1. The summed E-state index contributed by atoms with van der Waals surface area (Å²) in [6, 6.07) is 16.3. The Morgan fingerprint density at radius 1 is 0.553 bits per heavy atom. The Labute approximate surface area is 521 Å². The van der Waals surface area contributed by atoms with Gasteiger partial charge in [-0.25, -0.2) is 4.99 Å². The number of hydrogen-bond acceptors (Lipinski definition) is 10. The molecule has 0 amide bonds. The van der Waals surface area contributed by atoms with Gasteiger partial charge in [-0.1, -0.05) is 185 Å². The van der Waals surface area contributed by atoms with Gasteiger partial charge in [-0.3, -0.25) is 34.7 Å². The fourth-order valence-electron chi connectivity index (χ4n) is 7.73. The van der Waals surface area contributed by atoms with Crippen molar-refractivity contribution in [3.63, 3.8) is 0 Å². The van der Waals surface area contributed by atoms with Gasteiger partial charge in [0.05, 0.1) is 36.7 Å². The largest absolute Gasteiger partial charge is 0.365 e. The van der Waals surface area contributed by atoms with E-state index >= 15 is 0 Å². The number of hydrogen-bond donors (Lipinski definition) is 2. The number of aliphatic imine (C=N–C) groups is 4. The van der Waals surface area contributed by atoms with Gasteiger partial charge >= 0.3 is 0 Å². The summed E-state index contributed by atoms with van der Waals surface area (Å²) in [7, 11) is 0. The predicted molar refractivity (Wildman–Crippen MR) is 372 cm³/mol. The van der Waals surface area contributed by atoms with Gasteiger partial charge in [0, 0.05) is 69.9 Å². The Balaban J connectivity index is 0.000000478. The molecule has 462 valence electrons. The van der Waals surface area contributed by atoms with Gasteiger partial charge in [0.15, 0.2) is 5.78 Å². The zero-order chi connectivity index (χ0) is 64.2. The molecule has 0 atom stereocenters. The van der Waals surface area contributed by atoms with Crippen molar-refractivity contribution in [2.75, 3.05) is 19.6 Å². The van der Waals surface area contributed by atoms with Gasteiger partial charge in [-0.05, 0) is 176 Å². The number of nitrogens with one attached hydrogen (secondary N) is 2. The minimum absolute atomic E-state index is 0.182. The van der Waals surface area contributed by atoms with Crippen LogP contribution >= 0.6 is 11.6 Å². The molecule has 8 heterocycles. The predicted octanol–water partition coefficient (Wildman–Crippen LogP) is 19.1. The minimum atomic E-state index is 0.182. The van der Waals surface area contributed by atoms with Crippen LogP contribution in [0.5, 0.6) is 0 Å². The average Bonchev–Trinajstić information content (AvgIpc) is 4.31. The third kappa shape index (κ3) is 33.4. The van der Waals surface area contributed by atoms with Crippen molar-refractivity contribution in [3.8, 4) is 0 Å². The summed E-state index contributed by atoms with van der Waals surface area (Å²) in [6.07, 6.45) is 28.1. The van der Waals surface area contributed by atoms with E-state index in [4.69, 9.17) is 11.6 Å². The first-order valence-corrected chi connectivity index (χ1v) is 31.0. The molecular formula is C74H108ClN9O. The molecule has 9 rings (SSSR count). The van der Waals surface area contributed by atoms with E-state index in [2.05, 4.69) is 226 Å². The maximum Gasteiger partial charge on any atom is 0.181 e. The number of carbonyl (C=O) groups excluding carboxylic acids is 1. The highest BCUT2D eigenvalue weighted by atomic mass is 35.5. The van der Waals surface area contributed by atoms with Crippen molar-refractivity contribution in [1.82, 2.24) is 25.6 Å². The van der Waals surface area contributed by atoms with Crippen molar-refractivity contribution in [3.05, 3.63) is 208 Å². The lowest BCUT2D eigenvalue weighted by molar-refractivity contribution is -0.111. The fourth-order valence-corrected chi connectivity index (χ4v) is 8.07. The molecule has 2 N–H and O–H groups in total. The molecule has 3 aromatic heterocycles. The van der Waals surface area contributed by atoms with Crippen LogP contribution in [0, 0.1) is 49.4 Å². The first-order chi connectivity index (χ1) is 40.0. The average molecular weight is 1180 g/mol. The smallest absolute Gasteiger partial charge is 0.181 e. The lowest BCUT2D eigenvalue weighted by atomic mass is 9.94. The highest BCUT2D eigenvalue weighted by Crippen LogP contribution is 2.19. The van der Waals surface area contributed by atoms with E-state index in [1.807, 2.05) is 100 Å². The lowest BCUT2D eigenvalue weighted by Gasteiger charge is -2.14. The third-order valence-electron chi connectivity index (χ3n) is 12.9. The van der Waals surface area contributed by atoms with Gasteiger partial charge in [-0.2, -0.15) is 0 Å². The van der Waals surface area contributed by atoms with Crippen LogP contribution in [0.15, 0.2) is 200 Å². The molecule has 1 aliphatic carbocycles. The number of nitrogens with zero attached hydrogens (tertiary/aromatic N) is 7. The van der Waals surface area contributed by atoms with E-state index < -0.39 is 0 Å². The molecule has 11 heteroatoms. The van der Waals surface area contributed by atoms with Crippen molar-refractivity contribution >= 4 is 40.9 Å². The fraction of sp³-hybridized carbons (Fsp3) is 0.459. The number of pyridine rings is 3. The topological polar surface area (TPSA) is 129 Å². The Hall–Kier alpha value is -6.91. The highest BCUT2D eigenvalue weighted by molar-refractivity contribution is 6.44. The maximum atomic E-state index is 11.1. The summed E-state index contributed by atoms with van der Waals surface area (Å²) in [5, 5.41) is 6.91. The molecule has 0 saturated carbocycles. The summed E-state index contributed by atoms with van der Waals surface area (Å²) in [6.45, 7) is 54.8. The van der Waals surface area contributed by atoms with Crippen LogP contribution in [0.3, 0.4) is 0 Å². The molecule has 3 aromatic rings. The SMILES string of the molecule is C=C1C=C(C(C)C)N=CN1.C=C1C=CNC(C(C)C)=C1.CC(C)C1=CCC=CC1=O.CC(C)C1=NCC=C1.CC(C)C1=NCC=C1Cl.CC(C)c1ccccn1.CC1=CC(C(C)C)=NC1.Cc1cccc(C(C)C)n1.Cc1ccnc(C(C)C)c1. The van der Waals surface area contributed by atoms with Gasteiger partial charge < -0.3 is 10.6 Å². The number of allylic oxidation sites excluding steroid dienone is 13. The lowest BCUT2D eigenvalue weighted by Crippen LogP contribution is -2.13. The van der Waals surface area contributed by atoms with Crippen LogP contribution < -0.4 is 10.6 Å². The summed E-state index contributed by atoms with van der Waals surface area (Å²) in [5.74, 6) is 4.90. The number of ketones is 1. The second-order valence-electron chi connectivity index (χ2n) is 24.1. The summed E-state index contributed by atoms with van der Waals surface area (Å²) >= 11 is 5.80. The van der Waals surface area contributed by atoms with E-state index in [9.17, 15) is 4.79 Å². The molecule has 0 saturated heterocycles. The number of carbonyl (C=O) groups is 1. The van der Waals surface area contributed by atoms with Gasteiger partial charge in [0.25, 0.3) is 0 Å². The molecule has 10 nitrogen and oxygen atoms in total. The molecule has 0 unspecified atom stereocenters. The molecule has 5 aliphatic heterocycles. The standard InChI is InChI=1S/3C9H13N.C9H12O.C8H12N2.C8H13N.C8H11N.C7H10ClN.C7H11N/c2*1-7(2)9-6-8(3)4-5-10-9;1-7(2)9-6-4-5-8(3)10-9;1-7(2)8-5-3-4-6-9(8)10;1-6(2)8-4-7(3)9-5-10-8;1-6(2)8-4-7(3)5-9-8;1-7(2)8-5-3-4-6-9-8;1-5(2)7-6(8)3-4-9-7;1-6(2)7-4-3-5-8-7/h4-7H,1-3H3;4-7,10H,3H2,1-2H3;4-7H,1-3H3;4-7H,3H2,1-2H3;4-6H,3H2,1-2H3,(H,9,10);4,6H,5H2,1-3H3;3-7H,1-2H3;3,5H,4H2,1-2H3;3-4,6H,5H2,1-2H3. The number of aryl methyl sites for hydroxylation is 2. The zero-order valence-electron chi connectivity index (χ0n) is 56.1. The third-order valence-corrected chi connectivity index (χ3v) is 13.3. The molecule has 0 aromatic carbocycles. The molecule has 6 aliphatic rings.